The van der Waals surface area contributed by atoms with Gasteiger partial charge in [-0.15, -0.1) is 0 Å². The van der Waals surface area contributed by atoms with E-state index in [0.29, 0.717) is 9.22 Å². The number of fused-ring (bicyclic) bond motifs is 1. The van der Waals surface area contributed by atoms with Crippen LogP contribution < -0.4 is 5.56 Å². The second-order valence-corrected chi connectivity index (χ2v) is 5.40. The monoisotopic (exact) mass is 362 g/mol. The van der Waals surface area contributed by atoms with Crippen LogP contribution in [0.25, 0.3) is 16.8 Å². The minimum absolute atomic E-state index is 0.0114. The first kappa shape index (κ1) is 12.3. The SMILES string of the molecule is Cc1nc2cc(-c3ccccc3)ccn2c(=O)c1I. The highest BCUT2D eigenvalue weighted by Gasteiger charge is 2.07. The molecule has 0 aliphatic rings. The molecule has 0 N–H and O–H groups in total. The molecule has 2 heterocycles. The minimum Gasteiger partial charge on any atom is -0.268 e. The van der Waals surface area contributed by atoms with Crippen LogP contribution in [0.5, 0.6) is 0 Å². The Morgan fingerprint density at radius 2 is 1.84 bits per heavy atom. The Balaban J connectivity index is 2.28. The average molecular weight is 362 g/mol. The number of aryl methyl sites for hydroxylation is 1. The number of benzene rings is 1. The van der Waals surface area contributed by atoms with E-state index >= 15 is 0 Å². The van der Waals surface area contributed by atoms with Crippen LogP contribution in [-0.4, -0.2) is 9.38 Å². The molecule has 19 heavy (non-hydrogen) atoms. The van der Waals surface area contributed by atoms with E-state index in [1.165, 1.54) is 0 Å². The van der Waals surface area contributed by atoms with Gasteiger partial charge in [-0.1, -0.05) is 30.3 Å². The fraction of sp³-hybridized carbons (Fsp3) is 0.0667. The third kappa shape index (κ3) is 2.16. The Morgan fingerprint density at radius 1 is 1.11 bits per heavy atom. The molecule has 4 heteroatoms. The number of pyridine rings is 1. The van der Waals surface area contributed by atoms with Crippen LogP contribution in [0.1, 0.15) is 5.69 Å². The molecule has 3 nitrogen and oxygen atoms in total. The maximum atomic E-state index is 12.1. The summed E-state index contributed by atoms with van der Waals surface area (Å²) in [4.78, 5) is 16.6. The molecule has 0 amide bonds. The second kappa shape index (κ2) is 4.77. The van der Waals surface area contributed by atoms with E-state index in [4.69, 9.17) is 0 Å². The Bertz CT molecular complexity index is 809. The zero-order valence-corrected chi connectivity index (χ0v) is 12.5. The number of halogens is 1. The maximum absolute atomic E-state index is 12.1. The lowest BCUT2D eigenvalue weighted by Gasteiger charge is -2.06. The van der Waals surface area contributed by atoms with Gasteiger partial charge in [-0.3, -0.25) is 9.20 Å². The normalized spacial score (nSPS) is 10.8. The third-order valence-corrected chi connectivity index (χ3v) is 4.29. The molecule has 3 aromatic rings. The van der Waals surface area contributed by atoms with Gasteiger partial charge in [0, 0.05) is 6.20 Å². The minimum atomic E-state index is -0.0114. The van der Waals surface area contributed by atoms with Gasteiger partial charge in [0.05, 0.1) is 5.69 Å². The van der Waals surface area contributed by atoms with Crippen LogP contribution in [0.2, 0.25) is 0 Å². The van der Waals surface area contributed by atoms with Crippen molar-refractivity contribution < 1.29 is 0 Å². The van der Waals surface area contributed by atoms with Gasteiger partial charge in [-0.25, -0.2) is 4.98 Å². The van der Waals surface area contributed by atoms with Crippen molar-refractivity contribution in [2.24, 2.45) is 0 Å². The first-order valence-electron chi connectivity index (χ1n) is 5.91. The molecule has 1 aromatic carbocycles. The summed E-state index contributed by atoms with van der Waals surface area (Å²) in [7, 11) is 0. The summed E-state index contributed by atoms with van der Waals surface area (Å²) in [5, 5.41) is 0. The highest BCUT2D eigenvalue weighted by molar-refractivity contribution is 14.1. The van der Waals surface area contributed by atoms with Crippen molar-refractivity contribution in [2.45, 2.75) is 6.92 Å². The molecule has 0 aliphatic carbocycles. The van der Waals surface area contributed by atoms with E-state index < -0.39 is 0 Å². The van der Waals surface area contributed by atoms with E-state index in [-0.39, 0.29) is 5.56 Å². The Labute approximate surface area is 124 Å². The van der Waals surface area contributed by atoms with E-state index in [0.717, 1.165) is 16.8 Å². The molecule has 0 radical (unpaired) electrons. The quantitative estimate of drug-likeness (QED) is 0.623. The lowest BCUT2D eigenvalue weighted by atomic mass is 10.1. The van der Waals surface area contributed by atoms with E-state index in [2.05, 4.69) is 4.98 Å². The topological polar surface area (TPSA) is 34.4 Å². The molecule has 0 aliphatic heterocycles. The lowest BCUT2D eigenvalue weighted by Crippen LogP contribution is -2.19. The van der Waals surface area contributed by atoms with Crippen LogP contribution in [-0.2, 0) is 0 Å². The van der Waals surface area contributed by atoms with Gasteiger partial charge in [0.25, 0.3) is 5.56 Å². The summed E-state index contributed by atoms with van der Waals surface area (Å²) >= 11 is 2.04. The van der Waals surface area contributed by atoms with Crippen molar-refractivity contribution in [2.75, 3.05) is 0 Å². The molecule has 0 saturated heterocycles. The highest BCUT2D eigenvalue weighted by atomic mass is 127. The third-order valence-electron chi connectivity index (χ3n) is 3.05. The van der Waals surface area contributed by atoms with Crippen LogP contribution in [0.15, 0.2) is 53.5 Å². The summed E-state index contributed by atoms with van der Waals surface area (Å²) in [6.45, 7) is 1.86. The van der Waals surface area contributed by atoms with E-state index in [1.807, 2.05) is 72.0 Å². The maximum Gasteiger partial charge on any atom is 0.271 e. The first-order valence-corrected chi connectivity index (χ1v) is 6.98. The Morgan fingerprint density at radius 3 is 2.58 bits per heavy atom. The van der Waals surface area contributed by atoms with Gasteiger partial charge in [0.15, 0.2) is 0 Å². The largest absolute Gasteiger partial charge is 0.271 e. The predicted molar refractivity (Wildman–Crippen MR) is 84.4 cm³/mol. The van der Waals surface area contributed by atoms with Crippen LogP contribution in [0.3, 0.4) is 0 Å². The molecule has 3 rings (SSSR count). The Hall–Kier alpha value is -1.69. The molecule has 0 unspecified atom stereocenters. The van der Waals surface area contributed by atoms with Crippen molar-refractivity contribution in [3.8, 4) is 11.1 Å². The molecule has 2 aromatic heterocycles. The van der Waals surface area contributed by atoms with Gasteiger partial charge < -0.3 is 0 Å². The average Bonchev–Trinajstić information content (AvgIpc) is 2.45. The number of hydrogen-bond donors (Lipinski definition) is 0. The highest BCUT2D eigenvalue weighted by Crippen LogP contribution is 2.19. The van der Waals surface area contributed by atoms with Crippen molar-refractivity contribution in [3.05, 3.63) is 68.3 Å². The van der Waals surface area contributed by atoms with Crippen LogP contribution in [0.4, 0.5) is 0 Å². The summed E-state index contributed by atoms with van der Waals surface area (Å²) in [6.07, 6.45) is 1.79. The summed E-state index contributed by atoms with van der Waals surface area (Å²) in [5.74, 6) is 0. The smallest absolute Gasteiger partial charge is 0.268 e. The number of nitrogens with zero attached hydrogens (tertiary/aromatic N) is 2. The van der Waals surface area contributed by atoms with Crippen molar-refractivity contribution >= 4 is 28.2 Å². The molecule has 0 spiro atoms. The lowest BCUT2D eigenvalue weighted by molar-refractivity contribution is 1.000. The van der Waals surface area contributed by atoms with Crippen molar-refractivity contribution in [1.82, 2.24) is 9.38 Å². The molecule has 94 valence electrons. The second-order valence-electron chi connectivity index (χ2n) is 4.33. The molecular weight excluding hydrogens is 351 g/mol. The molecule has 0 bridgehead atoms. The first-order chi connectivity index (χ1) is 9.16. The van der Waals surface area contributed by atoms with Gasteiger partial charge in [0.1, 0.15) is 9.22 Å². The van der Waals surface area contributed by atoms with Crippen LogP contribution in [0, 0.1) is 10.5 Å². The van der Waals surface area contributed by atoms with Crippen LogP contribution >= 0.6 is 22.6 Å². The van der Waals surface area contributed by atoms with Gasteiger partial charge in [0.2, 0.25) is 0 Å². The number of hydrogen-bond acceptors (Lipinski definition) is 2. The van der Waals surface area contributed by atoms with E-state index in [1.54, 1.807) is 10.6 Å². The molecule has 0 fully saturated rings. The standard InChI is InChI=1S/C15H11IN2O/c1-10-14(16)15(19)18-8-7-12(9-13(18)17-10)11-5-3-2-4-6-11/h2-9H,1H3. The van der Waals surface area contributed by atoms with E-state index in [9.17, 15) is 4.79 Å². The predicted octanol–water partition coefficient (Wildman–Crippen LogP) is 3.27. The van der Waals surface area contributed by atoms with Crippen molar-refractivity contribution in [1.29, 1.82) is 0 Å². The zero-order chi connectivity index (χ0) is 13.4. The number of aromatic nitrogens is 2. The van der Waals surface area contributed by atoms with Gasteiger partial charge >= 0.3 is 0 Å². The van der Waals surface area contributed by atoms with Crippen molar-refractivity contribution in [3.63, 3.8) is 0 Å². The Kier molecular flexibility index (Phi) is 3.10. The molecule has 0 atom stereocenters. The fourth-order valence-corrected chi connectivity index (χ4v) is 2.42. The van der Waals surface area contributed by atoms with Gasteiger partial charge in [-0.05, 0) is 52.8 Å². The summed E-state index contributed by atoms with van der Waals surface area (Å²) in [5.41, 5.74) is 3.63. The number of rotatable bonds is 1. The summed E-state index contributed by atoms with van der Waals surface area (Å²) < 4.78 is 2.25. The summed E-state index contributed by atoms with van der Waals surface area (Å²) in [6, 6.07) is 14.0. The molecular formula is C15H11IN2O. The fourth-order valence-electron chi connectivity index (χ4n) is 2.04. The molecule has 0 saturated carbocycles. The van der Waals surface area contributed by atoms with Gasteiger partial charge in [-0.2, -0.15) is 0 Å². The zero-order valence-electron chi connectivity index (χ0n) is 10.3.